The van der Waals surface area contributed by atoms with E-state index < -0.39 is 6.17 Å². The van der Waals surface area contributed by atoms with Gasteiger partial charge in [0.05, 0.1) is 5.57 Å². The lowest BCUT2D eigenvalue weighted by Gasteiger charge is -2.28. The number of nitrogens with zero attached hydrogens (tertiary/aromatic N) is 4. The number of aromatic hydroxyl groups is 1. The highest BCUT2D eigenvalue weighted by atomic mass is 16.5. The van der Waals surface area contributed by atoms with Gasteiger partial charge in [-0.15, -0.1) is 10.2 Å². The van der Waals surface area contributed by atoms with Gasteiger partial charge in [0.25, 0.3) is 0 Å². The molecule has 0 saturated carbocycles. The van der Waals surface area contributed by atoms with Gasteiger partial charge in [-0.1, -0.05) is 36.4 Å². The number of hydrogen-bond donors (Lipinski definition) is 1. The normalized spacial score (nSPS) is 17.6. The van der Waals surface area contributed by atoms with Gasteiger partial charge >= 0.3 is 0 Å². The van der Waals surface area contributed by atoms with Crippen molar-refractivity contribution in [2.75, 3.05) is 0 Å². The van der Waals surface area contributed by atoms with E-state index in [0.29, 0.717) is 17.3 Å². The largest absolute Gasteiger partial charge is 0.508 e. The number of fused-ring (bicyclic) bond motifs is 4. The van der Waals surface area contributed by atoms with Gasteiger partial charge in [0.15, 0.2) is 12.0 Å². The maximum absolute atomic E-state index is 10.3. The molecule has 0 fully saturated rings. The highest BCUT2D eigenvalue weighted by Gasteiger charge is 2.34. The summed E-state index contributed by atoms with van der Waals surface area (Å²) in [5.41, 5.74) is 2.45. The first-order valence-electron chi connectivity index (χ1n) is 7.99. The van der Waals surface area contributed by atoms with Gasteiger partial charge in [0, 0.05) is 11.1 Å². The van der Waals surface area contributed by atoms with Crippen LogP contribution >= 0.6 is 0 Å². The number of rotatable bonds is 1. The van der Waals surface area contributed by atoms with Gasteiger partial charge in [-0.3, -0.25) is 4.57 Å². The molecule has 0 radical (unpaired) electrons. The Morgan fingerprint density at radius 3 is 2.72 bits per heavy atom. The molecule has 6 nitrogen and oxygen atoms in total. The number of hydrogen-bond acceptors (Lipinski definition) is 5. The Morgan fingerprint density at radius 1 is 1.04 bits per heavy atom. The minimum atomic E-state index is -0.469. The van der Waals surface area contributed by atoms with Crippen molar-refractivity contribution >= 4 is 17.5 Å². The van der Waals surface area contributed by atoms with E-state index in [1.807, 2.05) is 54.0 Å². The summed E-state index contributed by atoms with van der Waals surface area (Å²) in [6, 6.07) is 14.9. The molecule has 0 unspecified atom stereocenters. The molecule has 122 valence electrons. The average Bonchev–Trinajstić information content (AvgIpc) is 3.02. The van der Waals surface area contributed by atoms with Crippen LogP contribution in [0.4, 0.5) is 0 Å². The summed E-state index contributed by atoms with van der Waals surface area (Å²) in [4.78, 5) is 4.76. The molecule has 2 aromatic carbocycles. The maximum Gasteiger partial charge on any atom is 0.228 e. The van der Waals surface area contributed by atoms with Crippen LogP contribution < -0.4 is 4.74 Å². The summed E-state index contributed by atoms with van der Waals surface area (Å²) < 4.78 is 7.93. The van der Waals surface area contributed by atoms with Crippen molar-refractivity contribution < 1.29 is 9.84 Å². The van der Waals surface area contributed by atoms with Crippen LogP contribution in [-0.4, -0.2) is 25.8 Å². The Kier molecular flexibility index (Phi) is 2.82. The summed E-state index contributed by atoms with van der Waals surface area (Å²) in [7, 11) is 0. The van der Waals surface area contributed by atoms with Crippen LogP contribution in [0.2, 0.25) is 0 Å². The number of aryl methyl sites for hydroxylation is 1. The molecule has 1 N–H and O–H groups in total. The van der Waals surface area contributed by atoms with Gasteiger partial charge in [-0.2, -0.15) is 0 Å². The van der Waals surface area contributed by atoms with Crippen LogP contribution in [0.25, 0.3) is 11.6 Å². The van der Waals surface area contributed by atoms with Crippen LogP contribution in [-0.2, 0) is 0 Å². The van der Waals surface area contributed by atoms with Gasteiger partial charge in [0.1, 0.15) is 17.3 Å². The fraction of sp³-hybridized carbons (Fsp3) is 0.105. The number of para-hydroxylation sites is 2. The molecule has 1 atom stereocenters. The lowest BCUT2D eigenvalue weighted by molar-refractivity contribution is 0.446. The molecular weight excluding hydrogens is 316 g/mol. The van der Waals surface area contributed by atoms with Crippen LogP contribution in [0, 0.1) is 6.92 Å². The second kappa shape index (κ2) is 5.04. The molecule has 3 aromatic rings. The molecule has 2 aliphatic heterocycles. The summed E-state index contributed by atoms with van der Waals surface area (Å²) in [5, 5.41) is 18.8. The quantitative estimate of drug-likeness (QED) is 0.744. The van der Waals surface area contributed by atoms with E-state index in [-0.39, 0.29) is 5.75 Å². The third kappa shape index (κ3) is 2.00. The molecule has 0 bridgehead atoms. The van der Waals surface area contributed by atoms with E-state index >= 15 is 0 Å². The predicted octanol–water partition coefficient (Wildman–Crippen LogP) is 3.18. The SMILES string of the molecule is Cc1nnc2n1[C@@H](c1ccccc1O)N=C1Oc3ccccc3C=C12. The minimum absolute atomic E-state index is 0.180. The molecule has 6 heteroatoms. The third-order valence-electron chi connectivity index (χ3n) is 4.46. The first-order valence-corrected chi connectivity index (χ1v) is 7.99. The zero-order chi connectivity index (χ0) is 17.0. The third-order valence-corrected chi connectivity index (χ3v) is 4.46. The fourth-order valence-electron chi connectivity index (χ4n) is 3.25. The van der Waals surface area contributed by atoms with Crippen molar-refractivity contribution in [3.05, 3.63) is 71.3 Å². The zero-order valence-corrected chi connectivity index (χ0v) is 13.4. The Labute approximate surface area is 143 Å². The van der Waals surface area contributed by atoms with Crippen LogP contribution in [0.3, 0.4) is 0 Å². The Bertz CT molecular complexity index is 1060. The molecule has 5 rings (SSSR count). The highest BCUT2D eigenvalue weighted by Crippen LogP contribution is 2.39. The van der Waals surface area contributed by atoms with Gasteiger partial charge in [0.2, 0.25) is 5.90 Å². The van der Waals surface area contributed by atoms with Crippen molar-refractivity contribution in [3.8, 4) is 11.5 Å². The molecule has 25 heavy (non-hydrogen) atoms. The summed E-state index contributed by atoms with van der Waals surface area (Å²) in [5.74, 6) is 2.84. The summed E-state index contributed by atoms with van der Waals surface area (Å²) >= 11 is 0. The summed E-state index contributed by atoms with van der Waals surface area (Å²) in [6.45, 7) is 1.88. The van der Waals surface area contributed by atoms with Crippen molar-refractivity contribution in [1.29, 1.82) is 0 Å². The lowest BCUT2D eigenvalue weighted by atomic mass is 10.0. The highest BCUT2D eigenvalue weighted by molar-refractivity contribution is 6.26. The van der Waals surface area contributed by atoms with E-state index in [1.54, 1.807) is 12.1 Å². The number of phenols is 1. The van der Waals surface area contributed by atoms with Gasteiger partial charge in [-0.05, 0) is 25.1 Å². The average molecular weight is 330 g/mol. The van der Waals surface area contributed by atoms with Crippen LogP contribution in [0.15, 0.2) is 53.5 Å². The van der Waals surface area contributed by atoms with E-state index in [0.717, 1.165) is 22.7 Å². The molecule has 3 heterocycles. The van der Waals surface area contributed by atoms with Crippen LogP contribution in [0.5, 0.6) is 11.5 Å². The number of aliphatic imine (C=N–C) groups is 1. The molecule has 0 amide bonds. The van der Waals surface area contributed by atoms with E-state index in [9.17, 15) is 5.11 Å². The number of aromatic nitrogens is 3. The lowest BCUT2D eigenvalue weighted by Crippen LogP contribution is -2.27. The minimum Gasteiger partial charge on any atom is -0.508 e. The standard InChI is InChI=1S/C19H14N4O2/c1-11-21-22-18-14-10-12-6-2-5-9-16(12)25-19(14)20-17(23(11)18)13-7-3-4-8-15(13)24/h2-10,17,24H,1H3/t17-/m0/s1. The zero-order valence-electron chi connectivity index (χ0n) is 13.4. The van der Waals surface area contributed by atoms with Crippen molar-refractivity contribution in [2.45, 2.75) is 13.1 Å². The Morgan fingerprint density at radius 2 is 1.84 bits per heavy atom. The second-order valence-corrected chi connectivity index (χ2v) is 6.01. The first kappa shape index (κ1) is 14.0. The molecular formula is C19H14N4O2. The van der Waals surface area contributed by atoms with Gasteiger partial charge < -0.3 is 9.84 Å². The second-order valence-electron chi connectivity index (χ2n) is 6.01. The van der Waals surface area contributed by atoms with E-state index in [4.69, 9.17) is 9.73 Å². The first-order chi connectivity index (χ1) is 12.2. The Balaban J connectivity index is 1.76. The molecule has 0 spiro atoms. The van der Waals surface area contributed by atoms with Crippen molar-refractivity contribution in [1.82, 2.24) is 14.8 Å². The maximum atomic E-state index is 10.3. The number of ether oxygens (including phenoxy) is 1. The van der Waals surface area contributed by atoms with Crippen molar-refractivity contribution in [2.24, 2.45) is 4.99 Å². The smallest absolute Gasteiger partial charge is 0.228 e. The van der Waals surface area contributed by atoms with Gasteiger partial charge in [-0.25, -0.2) is 4.99 Å². The van der Waals surface area contributed by atoms with E-state index in [1.165, 1.54) is 0 Å². The molecule has 0 aliphatic carbocycles. The van der Waals surface area contributed by atoms with E-state index in [2.05, 4.69) is 10.2 Å². The number of benzene rings is 2. The fourth-order valence-corrected chi connectivity index (χ4v) is 3.25. The molecule has 1 aromatic heterocycles. The Hall–Kier alpha value is -3.41. The van der Waals surface area contributed by atoms with Crippen LogP contribution in [0.1, 0.15) is 28.9 Å². The topological polar surface area (TPSA) is 72.5 Å². The van der Waals surface area contributed by atoms with Crippen molar-refractivity contribution in [3.63, 3.8) is 0 Å². The summed E-state index contributed by atoms with van der Waals surface area (Å²) in [6.07, 6.45) is 1.54. The molecule has 2 aliphatic rings. The monoisotopic (exact) mass is 330 g/mol. The molecule has 0 saturated heterocycles. The number of phenolic OH excluding ortho intramolecular Hbond substituents is 1. The predicted molar refractivity (Wildman–Crippen MR) is 93.4 cm³/mol.